The highest BCUT2D eigenvalue weighted by molar-refractivity contribution is 5.68. The van der Waals surface area contributed by atoms with E-state index in [4.69, 9.17) is 5.11 Å². The summed E-state index contributed by atoms with van der Waals surface area (Å²) in [5.74, 6) is -0.968. The molecule has 0 unspecified atom stereocenters. The van der Waals surface area contributed by atoms with Crippen LogP contribution in [-0.2, 0) is 4.79 Å². The molecule has 0 aliphatic heterocycles. The molecule has 0 saturated heterocycles. The van der Waals surface area contributed by atoms with Crippen molar-refractivity contribution < 1.29 is 9.90 Å². The fourth-order valence-corrected chi connectivity index (χ4v) is 0.381. The van der Waals surface area contributed by atoms with Crippen LogP contribution in [0.3, 0.4) is 0 Å². The van der Waals surface area contributed by atoms with E-state index in [1.54, 1.807) is 0 Å². The van der Waals surface area contributed by atoms with Crippen molar-refractivity contribution in [1.29, 1.82) is 0 Å². The second kappa shape index (κ2) is 12.8. The quantitative estimate of drug-likeness (QED) is 0.411. The molecular formula is C8H18N2O2. The highest BCUT2D eigenvalue weighted by Gasteiger charge is 1.81. The van der Waals surface area contributed by atoms with E-state index in [9.17, 15) is 4.79 Å². The van der Waals surface area contributed by atoms with Crippen molar-refractivity contribution in [1.82, 2.24) is 5.32 Å². The molecule has 4 heteroatoms. The zero-order valence-electron chi connectivity index (χ0n) is 7.55. The molecule has 0 fully saturated rings. The van der Waals surface area contributed by atoms with E-state index in [0.717, 1.165) is 13.1 Å². The minimum Gasteiger partial charge on any atom is -0.480 e. The van der Waals surface area contributed by atoms with Crippen LogP contribution >= 0.6 is 0 Å². The van der Waals surface area contributed by atoms with Gasteiger partial charge in [-0.05, 0) is 13.0 Å². The molecule has 72 valence electrons. The maximum Gasteiger partial charge on any atom is 0.317 e. The van der Waals surface area contributed by atoms with Gasteiger partial charge in [-0.25, -0.2) is 0 Å². The Hall–Kier alpha value is -0.870. The SMILES string of the molecule is C=CCNCCC.NCC(=O)O. The summed E-state index contributed by atoms with van der Waals surface area (Å²) < 4.78 is 0. The third-order valence-corrected chi connectivity index (χ3v) is 0.890. The molecule has 4 nitrogen and oxygen atoms in total. The van der Waals surface area contributed by atoms with Gasteiger partial charge < -0.3 is 16.2 Å². The van der Waals surface area contributed by atoms with E-state index in [-0.39, 0.29) is 6.54 Å². The van der Waals surface area contributed by atoms with E-state index in [2.05, 4.69) is 24.6 Å². The Morgan fingerprint density at radius 1 is 1.75 bits per heavy atom. The number of carboxylic acid groups (broad SMARTS) is 1. The van der Waals surface area contributed by atoms with Crippen LogP contribution in [0.5, 0.6) is 0 Å². The first-order valence-electron chi connectivity index (χ1n) is 3.92. The fraction of sp³-hybridized carbons (Fsp3) is 0.625. The number of nitrogens with two attached hydrogens (primary N) is 1. The molecule has 0 aromatic carbocycles. The van der Waals surface area contributed by atoms with Gasteiger partial charge in [-0.1, -0.05) is 13.0 Å². The van der Waals surface area contributed by atoms with Gasteiger partial charge in [0.05, 0.1) is 6.54 Å². The lowest BCUT2D eigenvalue weighted by molar-refractivity contribution is -0.135. The summed E-state index contributed by atoms with van der Waals surface area (Å²) in [6, 6.07) is 0. The molecule has 0 aliphatic carbocycles. The van der Waals surface area contributed by atoms with E-state index in [1.807, 2.05) is 6.08 Å². The normalized spacial score (nSPS) is 8.17. The Labute approximate surface area is 73.5 Å². The highest BCUT2D eigenvalue weighted by atomic mass is 16.4. The summed E-state index contributed by atoms with van der Waals surface area (Å²) in [5, 5.41) is 10.8. The van der Waals surface area contributed by atoms with Gasteiger partial charge in [0.1, 0.15) is 0 Å². The maximum absolute atomic E-state index is 9.24. The molecule has 0 atom stereocenters. The number of hydrogen-bond acceptors (Lipinski definition) is 3. The average Bonchev–Trinajstić information content (AvgIpc) is 2.07. The largest absolute Gasteiger partial charge is 0.480 e. The molecule has 0 rings (SSSR count). The van der Waals surface area contributed by atoms with Gasteiger partial charge in [-0.3, -0.25) is 4.79 Å². The lowest BCUT2D eigenvalue weighted by Gasteiger charge is -1.93. The van der Waals surface area contributed by atoms with Gasteiger partial charge in [-0.15, -0.1) is 6.58 Å². The van der Waals surface area contributed by atoms with Crippen molar-refractivity contribution in [2.24, 2.45) is 5.73 Å². The summed E-state index contributed by atoms with van der Waals surface area (Å²) in [6.45, 7) is 7.48. The molecule has 4 N–H and O–H groups in total. The van der Waals surface area contributed by atoms with Crippen molar-refractivity contribution in [2.75, 3.05) is 19.6 Å². The van der Waals surface area contributed by atoms with Crippen molar-refractivity contribution in [2.45, 2.75) is 13.3 Å². The maximum atomic E-state index is 9.24. The molecule has 0 amide bonds. The summed E-state index contributed by atoms with van der Waals surface area (Å²) in [7, 11) is 0. The fourth-order valence-electron chi connectivity index (χ4n) is 0.381. The zero-order chi connectivity index (χ0) is 9.82. The van der Waals surface area contributed by atoms with Crippen molar-refractivity contribution >= 4 is 5.97 Å². The van der Waals surface area contributed by atoms with Crippen LogP contribution in [0.15, 0.2) is 12.7 Å². The van der Waals surface area contributed by atoms with Crippen LogP contribution in [0.25, 0.3) is 0 Å². The topological polar surface area (TPSA) is 75.3 Å². The van der Waals surface area contributed by atoms with Gasteiger partial charge >= 0.3 is 5.97 Å². The second-order valence-electron chi connectivity index (χ2n) is 2.09. The highest BCUT2D eigenvalue weighted by Crippen LogP contribution is 1.67. The third-order valence-electron chi connectivity index (χ3n) is 0.890. The first-order chi connectivity index (χ1) is 5.68. The monoisotopic (exact) mass is 174 g/mol. The van der Waals surface area contributed by atoms with Crippen LogP contribution in [0.4, 0.5) is 0 Å². The number of carbonyl (C=O) groups is 1. The Kier molecular flexibility index (Phi) is 14.6. The Morgan fingerprint density at radius 2 is 2.25 bits per heavy atom. The van der Waals surface area contributed by atoms with Gasteiger partial charge in [-0.2, -0.15) is 0 Å². The summed E-state index contributed by atoms with van der Waals surface area (Å²) in [6.07, 6.45) is 3.07. The van der Waals surface area contributed by atoms with Crippen LogP contribution in [0, 0.1) is 0 Å². The van der Waals surface area contributed by atoms with Crippen LogP contribution < -0.4 is 11.1 Å². The zero-order valence-corrected chi connectivity index (χ0v) is 7.55. The number of aliphatic carboxylic acids is 1. The molecule has 0 heterocycles. The molecule has 0 saturated carbocycles. The first-order valence-corrected chi connectivity index (χ1v) is 3.92. The lowest BCUT2D eigenvalue weighted by Crippen LogP contribution is -2.13. The van der Waals surface area contributed by atoms with Gasteiger partial charge in [0, 0.05) is 6.54 Å². The Bertz CT molecular complexity index is 116. The Morgan fingerprint density at radius 3 is 2.50 bits per heavy atom. The van der Waals surface area contributed by atoms with Crippen LogP contribution in [0.2, 0.25) is 0 Å². The molecule has 0 radical (unpaired) electrons. The molecule has 0 bridgehead atoms. The average molecular weight is 174 g/mol. The van der Waals surface area contributed by atoms with E-state index < -0.39 is 5.97 Å². The first kappa shape index (κ1) is 13.7. The Balaban J connectivity index is 0. The van der Waals surface area contributed by atoms with Crippen molar-refractivity contribution in [3.05, 3.63) is 12.7 Å². The molecule has 0 aliphatic rings. The number of rotatable bonds is 5. The van der Waals surface area contributed by atoms with Crippen LogP contribution in [-0.4, -0.2) is 30.7 Å². The van der Waals surface area contributed by atoms with E-state index in [1.165, 1.54) is 6.42 Å². The molecule has 0 spiro atoms. The van der Waals surface area contributed by atoms with Gasteiger partial charge in [0.2, 0.25) is 0 Å². The van der Waals surface area contributed by atoms with Crippen molar-refractivity contribution in [3.63, 3.8) is 0 Å². The summed E-state index contributed by atoms with van der Waals surface area (Å²) in [5.41, 5.74) is 4.57. The molecule has 0 aromatic heterocycles. The summed E-state index contributed by atoms with van der Waals surface area (Å²) >= 11 is 0. The molecular weight excluding hydrogens is 156 g/mol. The number of nitrogens with one attached hydrogen (secondary N) is 1. The molecule has 0 aromatic rings. The third kappa shape index (κ3) is 22.9. The number of hydrogen-bond donors (Lipinski definition) is 3. The van der Waals surface area contributed by atoms with Gasteiger partial charge in [0.25, 0.3) is 0 Å². The van der Waals surface area contributed by atoms with Crippen molar-refractivity contribution in [3.8, 4) is 0 Å². The van der Waals surface area contributed by atoms with E-state index >= 15 is 0 Å². The molecule has 12 heavy (non-hydrogen) atoms. The lowest BCUT2D eigenvalue weighted by atomic mass is 10.5. The minimum absolute atomic E-state index is 0.278. The summed E-state index contributed by atoms with van der Waals surface area (Å²) in [4.78, 5) is 9.24. The second-order valence-corrected chi connectivity index (χ2v) is 2.09. The predicted molar refractivity (Wildman–Crippen MR) is 50.0 cm³/mol. The number of carboxylic acids is 1. The van der Waals surface area contributed by atoms with E-state index in [0.29, 0.717) is 0 Å². The van der Waals surface area contributed by atoms with Gasteiger partial charge in [0.15, 0.2) is 0 Å². The predicted octanol–water partition coefficient (Wildman–Crippen LogP) is 0.202. The minimum atomic E-state index is -0.968. The standard InChI is InChI=1S/C6H13N.C2H5NO2/c1-3-5-7-6-4-2;3-1-2(4)5/h3,7H,1,4-6H2,2H3;1,3H2,(H,4,5). The van der Waals surface area contributed by atoms with Crippen LogP contribution in [0.1, 0.15) is 13.3 Å². The smallest absolute Gasteiger partial charge is 0.317 e.